The lowest BCUT2D eigenvalue weighted by molar-refractivity contribution is 0.565. The first-order chi connectivity index (χ1) is 5.89. The number of rotatable bonds is 2. The second-order valence-corrected chi connectivity index (χ2v) is 5.09. The normalized spacial score (nSPS) is 12.5. The summed E-state index contributed by atoms with van der Waals surface area (Å²) in [6, 6.07) is 0. The predicted octanol–water partition coefficient (Wildman–Crippen LogP) is 2.91. The summed E-state index contributed by atoms with van der Waals surface area (Å²) in [5, 5.41) is 0. The molecule has 0 atom stereocenters. The Morgan fingerprint density at radius 2 is 2.00 bits per heavy atom. The van der Waals surface area contributed by atoms with Gasteiger partial charge in [0.2, 0.25) is 0 Å². The maximum absolute atomic E-state index is 4.37. The largest absolute Gasteiger partial charge is 0.345 e. The minimum atomic E-state index is 0.183. The Bertz CT molecular complexity index is 266. The molecule has 1 aromatic rings. The maximum atomic E-state index is 4.37. The predicted molar refractivity (Wildman–Crippen MR) is 55.8 cm³/mol. The van der Waals surface area contributed by atoms with Crippen molar-refractivity contribution in [2.75, 3.05) is 0 Å². The summed E-state index contributed by atoms with van der Waals surface area (Å²) in [5.41, 5.74) is 1.41. The minimum Gasteiger partial charge on any atom is -0.345 e. The van der Waals surface area contributed by atoms with Gasteiger partial charge in [0.1, 0.15) is 5.82 Å². The average Bonchev–Trinajstić information content (AvgIpc) is 2.32. The number of nitrogens with zero attached hydrogens (tertiary/aromatic N) is 1. The lowest BCUT2D eigenvalue weighted by atomic mass is 9.93. The third kappa shape index (κ3) is 2.87. The molecule has 0 aromatic carbocycles. The number of hydrogen-bond acceptors (Lipinski definition) is 1. The van der Waals surface area contributed by atoms with Crippen molar-refractivity contribution in [1.29, 1.82) is 0 Å². The van der Waals surface area contributed by atoms with Crippen LogP contribution in [-0.2, 0) is 11.8 Å². The van der Waals surface area contributed by atoms with Gasteiger partial charge in [-0.25, -0.2) is 4.98 Å². The Hall–Kier alpha value is -0.790. The first kappa shape index (κ1) is 10.3. The van der Waals surface area contributed by atoms with Crippen LogP contribution in [0.1, 0.15) is 46.1 Å². The van der Waals surface area contributed by atoms with Crippen molar-refractivity contribution >= 4 is 0 Å². The van der Waals surface area contributed by atoms with Crippen molar-refractivity contribution in [3.63, 3.8) is 0 Å². The highest BCUT2D eigenvalue weighted by atomic mass is 14.9. The monoisotopic (exact) mass is 180 g/mol. The molecule has 2 heteroatoms. The van der Waals surface area contributed by atoms with Gasteiger partial charge in [-0.15, -0.1) is 0 Å². The van der Waals surface area contributed by atoms with Gasteiger partial charge in [0.15, 0.2) is 0 Å². The number of H-pyrrole nitrogens is 1. The van der Waals surface area contributed by atoms with Crippen LogP contribution < -0.4 is 0 Å². The molecule has 0 spiro atoms. The Morgan fingerprint density at radius 3 is 2.38 bits per heavy atom. The van der Waals surface area contributed by atoms with E-state index in [2.05, 4.69) is 44.6 Å². The average molecular weight is 180 g/mol. The van der Waals surface area contributed by atoms with Crippen molar-refractivity contribution in [2.24, 2.45) is 5.92 Å². The van der Waals surface area contributed by atoms with Crippen LogP contribution in [0.4, 0.5) is 0 Å². The first-order valence-electron chi connectivity index (χ1n) is 4.94. The van der Waals surface area contributed by atoms with Gasteiger partial charge in [-0.05, 0) is 5.92 Å². The fourth-order valence-corrected chi connectivity index (χ4v) is 1.23. The van der Waals surface area contributed by atoms with Crippen molar-refractivity contribution in [3.05, 3.63) is 17.7 Å². The molecule has 1 N–H and O–H groups in total. The van der Waals surface area contributed by atoms with E-state index in [4.69, 9.17) is 0 Å². The topological polar surface area (TPSA) is 28.7 Å². The molecule has 0 aliphatic heterocycles. The molecule has 1 heterocycles. The quantitative estimate of drug-likeness (QED) is 0.744. The summed E-state index contributed by atoms with van der Waals surface area (Å²) >= 11 is 0. The molecular weight excluding hydrogens is 160 g/mol. The van der Waals surface area contributed by atoms with E-state index in [9.17, 15) is 0 Å². The Morgan fingerprint density at radius 1 is 1.38 bits per heavy atom. The van der Waals surface area contributed by atoms with Crippen LogP contribution in [0.25, 0.3) is 0 Å². The smallest absolute Gasteiger partial charge is 0.106 e. The second-order valence-electron chi connectivity index (χ2n) is 5.09. The van der Waals surface area contributed by atoms with Crippen molar-refractivity contribution < 1.29 is 0 Å². The molecule has 0 fully saturated rings. The van der Waals surface area contributed by atoms with E-state index in [1.807, 2.05) is 6.20 Å². The molecule has 0 saturated carbocycles. The van der Waals surface area contributed by atoms with Gasteiger partial charge in [0, 0.05) is 23.7 Å². The van der Waals surface area contributed by atoms with Crippen LogP contribution in [0.15, 0.2) is 6.20 Å². The van der Waals surface area contributed by atoms with Gasteiger partial charge < -0.3 is 4.98 Å². The van der Waals surface area contributed by atoms with Crippen LogP contribution >= 0.6 is 0 Å². The first-order valence-corrected chi connectivity index (χ1v) is 4.94. The van der Waals surface area contributed by atoms with Crippen molar-refractivity contribution in [1.82, 2.24) is 9.97 Å². The highest BCUT2D eigenvalue weighted by Crippen LogP contribution is 2.20. The third-order valence-electron chi connectivity index (χ3n) is 2.04. The molecule has 0 radical (unpaired) electrons. The third-order valence-corrected chi connectivity index (χ3v) is 2.04. The van der Waals surface area contributed by atoms with E-state index in [1.54, 1.807) is 0 Å². The van der Waals surface area contributed by atoms with E-state index in [-0.39, 0.29) is 5.41 Å². The van der Waals surface area contributed by atoms with Crippen molar-refractivity contribution in [3.8, 4) is 0 Å². The van der Waals surface area contributed by atoms with Crippen LogP contribution in [0.2, 0.25) is 0 Å². The molecule has 1 rings (SSSR count). The van der Waals surface area contributed by atoms with Crippen LogP contribution in [0.5, 0.6) is 0 Å². The van der Waals surface area contributed by atoms with E-state index in [1.165, 1.54) is 5.69 Å². The highest BCUT2D eigenvalue weighted by Gasteiger charge is 2.16. The molecule has 1 aromatic heterocycles. The van der Waals surface area contributed by atoms with E-state index >= 15 is 0 Å². The molecule has 0 unspecified atom stereocenters. The van der Waals surface area contributed by atoms with Gasteiger partial charge in [-0.1, -0.05) is 34.6 Å². The summed E-state index contributed by atoms with van der Waals surface area (Å²) in [6.45, 7) is 11.0. The lowest BCUT2D eigenvalue weighted by Gasteiger charge is -2.15. The highest BCUT2D eigenvalue weighted by molar-refractivity contribution is 5.11. The number of nitrogens with one attached hydrogen (secondary N) is 1. The van der Waals surface area contributed by atoms with Gasteiger partial charge in [-0.2, -0.15) is 0 Å². The summed E-state index contributed by atoms with van der Waals surface area (Å²) < 4.78 is 0. The lowest BCUT2D eigenvalue weighted by Crippen LogP contribution is -2.11. The minimum absolute atomic E-state index is 0.183. The Kier molecular flexibility index (Phi) is 2.79. The van der Waals surface area contributed by atoms with Crippen LogP contribution in [0.3, 0.4) is 0 Å². The van der Waals surface area contributed by atoms with Crippen LogP contribution in [-0.4, -0.2) is 9.97 Å². The van der Waals surface area contributed by atoms with Gasteiger partial charge in [0.05, 0.1) is 0 Å². The number of hydrogen-bond donors (Lipinski definition) is 1. The molecule has 0 aliphatic carbocycles. The summed E-state index contributed by atoms with van der Waals surface area (Å²) in [4.78, 5) is 7.74. The van der Waals surface area contributed by atoms with E-state index in [0.717, 1.165) is 12.2 Å². The summed E-state index contributed by atoms with van der Waals surface area (Å²) in [5.74, 6) is 1.78. The standard InChI is InChI=1S/C11H20N2/c1-8(2)6-10-12-7-9(13-10)11(3,4)5/h7-8H,6H2,1-5H3,(H,12,13). The second kappa shape index (κ2) is 3.52. The SMILES string of the molecule is CC(C)Cc1ncc(C(C)(C)C)[nH]1. The fraction of sp³-hybridized carbons (Fsp3) is 0.727. The number of imidazole rings is 1. The molecule has 13 heavy (non-hydrogen) atoms. The molecule has 74 valence electrons. The van der Waals surface area contributed by atoms with Crippen molar-refractivity contribution in [2.45, 2.75) is 46.5 Å². The molecule has 0 saturated heterocycles. The molecular formula is C11H20N2. The fourth-order valence-electron chi connectivity index (χ4n) is 1.23. The molecule has 2 nitrogen and oxygen atoms in total. The zero-order valence-corrected chi connectivity index (χ0v) is 9.31. The zero-order valence-electron chi connectivity index (χ0n) is 9.31. The van der Waals surface area contributed by atoms with Gasteiger partial charge in [0.25, 0.3) is 0 Å². The summed E-state index contributed by atoms with van der Waals surface area (Å²) in [6.07, 6.45) is 2.99. The van der Waals surface area contributed by atoms with E-state index < -0.39 is 0 Å². The molecule has 0 aliphatic rings. The Labute approximate surface area is 80.8 Å². The van der Waals surface area contributed by atoms with E-state index in [0.29, 0.717) is 5.92 Å². The molecule has 0 bridgehead atoms. The van der Waals surface area contributed by atoms with Gasteiger partial charge in [-0.3, -0.25) is 0 Å². The zero-order chi connectivity index (χ0) is 10.1. The number of aromatic nitrogens is 2. The van der Waals surface area contributed by atoms with Gasteiger partial charge >= 0.3 is 0 Å². The molecule has 0 amide bonds. The Balaban J connectivity index is 2.75. The number of aromatic amines is 1. The maximum Gasteiger partial charge on any atom is 0.106 e. The van der Waals surface area contributed by atoms with Crippen LogP contribution in [0, 0.1) is 5.92 Å². The summed E-state index contributed by atoms with van der Waals surface area (Å²) in [7, 11) is 0.